The van der Waals surface area contributed by atoms with Gasteiger partial charge in [0.25, 0.3) is 5.91 Å². The molecule has 262 valence electrons. The third kappa shape index (κ3) is 10.3. The van der Waals surface area contributed by atoms with Gasteiger partial charge in [-0.25, -0.2) is 0 Å². The van der Waals surface area contributed by atoms with Crippen molar-refractivity contribution in [3.05, 3.63) is 71.5 Å². The number of carbonyl (C=O) groups excluding carboxylic acids is 4. The van der Waals surface area contributed by atoms with Gasteiger partial charge in [-0.05, 0) is 30.5 Å². The molecule has 13 heteroatoms. The number of aromatic nitrogens is 3. The van der Waals surface area contributed by atoms with Crippen LogP contribution in [0.5, 0.6) is 11.5 Å². The molecular weight excluding hydrogens is 626 g/mol. The average Bonchev–Trinajstić information content (AvgIpc) is 3.39. The molecule has 2 bridgehead atoms. The number of aryl methyl sites for hydroxylation is 1. The molecule has 13 nitrogen and oxygen atoms in total. The largest absolute Gasteiger partial charge is 0.493 e. The van der Waals surface area contributed by atoms with Crippen LogP contribution in [-0.2, 0) is 33.8 Å². The highest BCUT2D eigenvalue weighted by molar-refractivity contribution is 6.00. The second-order valence-electron chi connectivity index (χ2n) is 12.4. The molecule has 2 aliphatic rings. The molecule has 3 aromatic rings. The minimum atomic E-state index is -0.902. The van der Waals surface area contributed by atoms with E-state index in [1.807, 2.05) is 41.4 Å². The van der Waals surface area contributed by atoms with Crippen LogP contribution in [0.1, 0.15) is 66.6 Å². The smallest absolute Gasteiger partial charge is 0.255 e. The maximum Gasteiger partial charge on any atom is 0.255 e. The van der Waals surface area contributed by atoms with Crippen molar-refractivity contribution >= 4 is 23.6 Å². The first kappa shape index (κ1) is 35.4. The molecule has 1 saturated heterocycles. The predicted molar refractivity (Wildman–Crippen MR) is 182 cm³/mol. The lowest BCUT2D eigenvalue weighted by Gasteiger charge is -2.25. The first-order valence-electron chi connectivity index (χ1n) is 17.3. The number of benzene rings is 2. The van der Waals surface area contributed by atoms with Crippen LogP contribution in [0.15, 0.2) is 54.7 Å². The molecule has 2 N–H and O–H groups in total. The summed E-state index contributed by atoms with van der Waals surface area (Å²) in [5.74, 6) is -0.313. The van der Waals surface area contributed by atoms with Crippen molar-refractivity contribution in [3.8, 4) is 11.5 Å². The summed E-state index contributed by atoms with van der Waals surface area (Å²) in [6, 6.07) is 13.6. The van der Waals surface area contributed by atoms with Crippen LogP contribution in [0.4, 0.5) is 0 Å². The van der Waals surface area contributed by atoms with Gasteiger partial charge in [0.15, 0.2) is 11.5 Å². The molecule has 2 aliphatic heterocycles. The van der Waals surface area contributed by atoms with Crippen molar-refractivity contribution < 1.29 is 28.7 Å². The summed E-state index contributed by atoms with van der Waals surface area (Å²) >= 11 is 0. The summed E-state index contributed by atoms with van der Waals surface area (Å²) in [5, 5.41) is 14.4. The average molecular weight is 674 g/mol. The van der Waals surface area contributed by atoms with Crippen molar-refractivity contribution in [1.29, 1.82) is 0 Å². The molecule has 1 fully saturated rings. The number of hydrogen-bond acceptors (Lipinski definition) is 8. The topological polar surface area (TPSA) is 148 Å². The molecule has 0 unspecified atom stereocenters. The van der Waals surface area contributed by atoms with Crippen LogP contribution in [-0.4, -0.2) is 101 Å². The summed E-state index contributed by atoms with van der Waals surface area (Å²) in [5.41, 5.74) is 1.85. The third-order valence-corrected chi connectivity index (χ3v) is 8.89. The Morgan fingerprint density at radius 1 is 0.878 bits per heavy atom. The van der Waals surface area contributed by atoms with Crippen molar-refractivity contribution in [3.63, 3.8) is 0 Å². The normalized spacial score (nSPS) is 18.3. The van der Waals surface area contributed by atoms with Crippen molar-refractivity contribution in [1.82, 2.24) is 35.4 Å². The fourth-order valence-corrected chi connectivity index (χ4v) is 6.16. The number of ether oxygens (including phenoxy) is 2. The van der Waals surface area contributed by atoms with E-state index in [9.17, 15) is 19.2 Å². The highest BCUT2D eigenvalue weighted by Crippen LogP contribution is 2.31. The Labute approximate surface area is 287 Å². The molecule has 3 heterocycles. The summed E-state index contributed by atoms with van der Waals surface area (Å²) in [6.07, 6.45) is 7.62. The van der Waals surface area contributed by atoms with Gasteiger partial charge in [0.2, 0.25) is 17.7 Å². The summed E-state index contributed by atoms with van der Waals surface area (Å²) in [7, 11) is 1.51. The molecule has 1 atom stereocenters. The Morgan fingerprint density at radius 2 is 1.61 bits per heavy atom. The van der Waals surface area contributed by atoms with Gasteiger partial charge in [0.05, 0.1) is 25.0 Å². The minimum absolute atomic E-state index is 0.00599. The van der Waals surface area contributed by atoms with Gasteiger partial charge in [0.1, 0.15) is 6.04 Å². The molecule has 0 aliphatic carbocycles. The van der Waals surface area contributed by atoms with E-state index in [-0.39, 0.29) is 62.2 Å². The first-order chi connectivity index (χ1) is 23.9. The van der Waals surface area contributed by atoms with E-state index in [0.29, 0.717) is 37.4 Å². The van der Waals surface area contributed by atoms with E-state index in [0.717, 1.165) is 50.0 Å². The Balaban J connectivity index is 1.33. The number of amides is 4. The molecule has 1 aromatic heterocycles. The van der Waals surface area contributed by atoms with E-state index in [1.54, 1.807) is 27.8 Å². The number of fused-ring (bicyclic) bond motifs is 3. The maximum atomic E-state index is 13.7. The van der Waals surface area contributed by atoms with Gasteiger partial charge in [-0.1, -0.05) is 54.5 Å². The number of nitrogens with one attached hydrogen (secondary N) is 2. The second kappa shape index (κ2) is 18.0. The second-order valence-corrected chi connectivity index (χ2v) is 12.4. The third-order valence-electron chi connectivity index (χ3n) is 8.89. The summed E-state index contributed by atoms with van der Waals surface area (Å²) < 4.78 is 13.3. The van der Waals surface area contributed by atoms with Gasteiger partial charge >= 0.3 is 0 Å². The van der Waals surface area contributed by atoms with Gasteiger partial charge in [-0.15, -0.1) is 5.10 Å². The van der Waals surface area contributed by atoms with Gasteiger partial charge in [-0.2, -0.15) is 0 Å². The lowest BCUT2D eigenvalue weighted by Crippen LogP contribution is -2.50. The zero-order valence-electron chi connectivity index (χ0n) is 28.3. The van der Waals surface area contributed by atoms with Crippen molar-refractivity contribution in [2.24, 2.45) is 0 Å². The molecule has 2 aromatic carbocycles. The summed E-state index contributed by atoms with van der Waals surface area (Å²) in [6.45, 7) is 3.04. The quantitative estimate of drug-likeness (QED) is 0.406. The lowest BCUT2D eigenvalue weighted by atomic mass is 10.0. The lowest BCUT2D eigenvalue weighted by molar-refractivity contribution is -0.137. The monoisotopic (exact) mass is 673 g/mol. The zero-order valence-corrected chi connectivity index (χ0v) is 28.3. The van der Waals surface area contributed by atoms with Gasteiger partial charge < -0.3 is 29.9 Å². The number of methoxy groups -OCH3 is 1. The van der Waals surface area contributed by atoms with Crippen LogP contribution in [0.2, 0.25) is 0 Å². The Bertz CT molecular complexity index is 1550. The first-order valence-corrected chi connectivity index (χ1v) is 17.3. The van der Waals surface area contributed by atoms with Gasteiger partial charge in [-0.3, -0.25) is 23.9 Å². The zero-order chi connectivity index (χ0) is 34.4. The molecule has 5 rings (SSSR count). The standard InChI is InChI=1S/C36H47N7O6/c1-48-31-14-9-13-29-34(31)49-24-10-21-43-26-28(39-40-43)17-22-42(33(45)16-15-32(44)41-19-7-2-3-8-20-41)23-18-37-36(47)30(38-35(29)46)25-27-11-5-4-6-12-27/h4-6,9,11-14,26,30H,2-3,7-8,10,15-25H2,1H3,(H,37,47)(H,38,46)/t30-/m0/s1. The van der Waals surface area contributed by atoms with Crippen LogP contribution < -0.4 is 20.1 Å². The molecule has 0 radical (unpaired) electrons. The fourth-order valence-electron chi connectivity index (χ4n) is 6.16. The maximum absolute atomic E-state index is 13.7. The van der Waals surface area contributed by atoms with Crippen LogP contribution >= 0.6 is 0 Å². The number of nitrogens with zero attached hydrogens (tertiary/aromatic N) is 5. The summed E-state index contributed by atoms with van der Waals surface area (Å²) in [4.78, 5) is 57.3. The van der Waals surface area contributed by atoms with Crippen LogP contribution in [0.25, 0.3) is 0 Å². The highest BCUT2D eigenvalue weighted by atomic mass is 16.5. The van der Waals surface area contributed by atoms with E-state index in [1.165, 1.54) is 7.11 Å². The Hall–Kier alpha value is -4.94. The molecule has 0 saturated carbocycles. The number of likely N-dealkylation sites (tertiary alicyclic amines) is 1. The Morgan fingerprint density at radius 3 is 2.35 bits per heavy atom. The van der Waals surface area contributed by atoms with Crippen LogP contribution in [0.3, 0.4) is 0 Å². The number of rotatable bonds is 6. The SMILES string of the molecule is COc1cccc2c1OCCCn1cc(nn1)CCN(C(=O)CCC(=O)N1CCCCCC1)CCNC(=O)[C@H](Cc1ccccc1)NC2=O. The van der Waals surface area contributed by atoms with Crippen molar-refractivity contribution in [2.75, 3.05) is 46.4 Å². The van der Waals surface area contributed by atoms with E-state index >= 15 is 0 Å². The van der Waals surface area contributed by atoms with E-state index in [4.69, 9.17) is 9.47 Å². The number of para-hydroxylation sites is 1. The van der Waals surface area contributed by atoms with Crippen molar-refractivity contribution in [2.45, 2.75) is 70.4 Å². The molecular formula is C36H47N7O6. The fraction of sp³-hybridized carbons (Fsp3) is 0.500. The highest BCUT2D eigenvalue weighted by Gasteiger charge is 2.26. The van der Waals surface area contributed by atoms with E-state index < -0.39 is 11.9 Å². The molecule has 0 spiro atoms. The molecule has 49 heavy (non-hydrogen) atoms. The van der Waals surface area contributed by atoms with Crippen LogP contribution in [0, 0.1) is 0 Å². The number of carbonyl (C=O) groups is 4. The van der Waals surface area contributed by atoms with Gasteiger partial charge in [0, 0.05) is 77.6 Å². The number of hydrogen-bond donors (Lipinski definition) is 2. The minimum Gasteiger partial charge on any atom is -0.493 e. The molecule has 4 amide bonds. The predicted octanol–water partition coefficient (Wildman–Crippen LogP) is 2.78. The van der Waals surface area contributed by atoms with E-state index in [2.05, 4.69) is 20.9 Å². The Kier molecular flexibility index (Phi) is 13.0.